The van der Waals surface area contributed by atoms with Crippen LogP contribution in [0.1, 0.15) is 15.2 Å². The van der Waals surface area contributed by atoms with Gasteiger partial charge in [-0.15, -0.1) is 11.3 Å². The Kier molecular flexibility index (Phi) is 1.04. The Bertz CT molecular complexity index is 354. The van der Waals surface area contributed by atoms with Crippen molar-refractivity contribution in [1.29, 1.82) is 0 Å². The molecule has 1 amide bonds. The quantitative estimate of drug-likeness (QED) is 0.640. The second-order valence-corrected chi connectivity index (χ2v) is 4.11. The topological polar surface area (TPSA) is 38.3 Å². The maximum Gasteiger partial charge on any atom is 0.253 e. The summed E-state index contributed by atoms with van der Waals surface area (Å²) in [6.07, 6.45) is 0. The molecule has 1 saturated heterocycles. The number of rotatable bonds is 0. The van der Waals surface area contributed by atoms with Crippen LogP contribution in [0.2, 0.25) is 0 Å². The van der Waals surface area contributed by atoms with Gasteiger partial charge in [0, 0.05) is 4.88 Å². The van der Waals surface area contributed by atoms with Crippen LogP contribution in [0.4, 0.5) is 0 Å². The Labute approximate surface area is 73.3 Å². The number of hydrogen-bond donors (Lipinski definition) is 1. The zero-order valence-corrected chi connectivity index (χ0v) is 7.11. The average Bonchev–Trinajstić information content (AvgIpc) is 2.49. The number of carbonyl (C=O) groups excluding carboxylic acids is 1. The lowest BCUT2D eigenvalue weighted by Gasteiger charge is -2.37. The van der Waals surface area contributed by atoms with Crippen LogP contribution in [0, 0.1) is 0 Å². The van der Waals surface area contributed by atoms with E-state index in [0.717, 1.165) is 10.4 Å². The number of nitrogens with one attached hydrogen (secondary N) is 1. The van der Waals surface area contributed by atoms with Crippen molar-refractivity contribution >= 4 is 17.2 Å². The van der Waals surface area contributed by atoms with Crippen molar-refractivity contribution in [2.24, 2.45) is 0 Å². The monoisotopic (exact) mass is 181 g/mol. The molecule has 0 saturated carbocycles. The first-order chi connectivity index (χ1) is 5.82. The minimum Gasteiger partial charge on any atom is -0.376 e. The van der Waals surface area contributed by atoms with Crippen molar-refractivity contribution in [3.8, 4) is 0 Å². The Balaban J connectivity index is 2.19. The van der Waals surface area contributed by atoms with Gasteiger partial charge in [0.2, 0.25) is 0 Å². The van der Waals surface area contributed by atoms with Gasteiger partial charge in [0.1, 0.15) is 5.54 Å². The van der Waals surface area contributed by atoms with E-state index in [1.807, 2.05) is 11.4 Å². The molecule has 3 rings (SSSR count). The van der Waals surface area contributed by atoms with Crippen LogP contribution in [0.3, 0.4) is 0 Å². The van der Waals surface area contributed by atoms with Gasteiger partial charge >= 0.3 is 0 Å². The van der Waals surface area contributed by atoms with E-state index in [0.29, 0.717) is 13.2 Å². The fraction of sp³-hybridized carbons (Fsp3) is 0.375. The second-order valence-electron chi connectivity index (χ2n) is 3.19. The first-order valence-electron chi connectivity index (χ1n) is 3.80. The lowest BCUT2D eigenvalue weighted by atomic mass is 9.97. The van der Waals surface area contributed by atoms with Crippen LogP contribution < -0.4 is 5.32 Å². The smallest absolute Gasteiger partial charge is 0.253 e. The molecule has 62 valence electrons. The number of hydrogen-bond acceptors (Lipinski definition) is 3. The van der Waals surface area contributed by atoms with Crippen LogP contribution in [-0.4, -0.2) is 19.1 Å². The van der Waals surface area contributed by atoms with E-state index in [1.54, 1.807) is 11.3 Å². The fourth-order valence-electron chi connectivity index (χ4n) is 1.71. The summed E-state index contributed by atoms with van der Waals surface area (Å²) >= 11 is 1.64. The minimum atomic E-state index is -0.152. The van der Waals surface area contributed by atoms with Crippen LogP contribution >= 0.6 is 11.3 Å². The van der Waals surface area contributed by atoms with Gasteiger partial charge in [-0.2, -0.15) is 0 Å². The number of carbonyl (C=O) groups is 1. The third kappa shape index (κ3) is 0.585. The van der Waals surface area contributed by atoms with Crippen LogP contribution in [0.15, 0.2) is 11.4 Å². The molecular formula is C8H7NO2S. The molecule has 1 aromatic heterocycles. The Morgan fingerprint density at radius 3 is 3.08 bits per heavy atom. The van der Waals surface area contributed by atoms with Gasteiger partial charge in [0.15, 0.2) is 0 Å². The van der Waals surface area contributed by atoms with Gasteiger partial charge in [-0.1, -0.05) is 0 Å². The summed E-state index contributed by atoms with van der Waals surface area (Å²) in [5.74, 6) is 0.0505. The van der Waals surface area contributed by atoms with Gasteiger partial charge in [-0.3, -0.25) is 4.79 Å². The molecule has 0 atom stereocenters. The van der Waals surface area contributed by atoms with Crippen LogP contribution in [-0.2, 0) is 10.3 Å². The van der Waals surface area contributed by atoms with E-state index in [-0.39, 0.29) is 11.4 Å². The maximum atomic E-state index is 11.4. The predicted octanol–water partition coefficient (Wildman–Crippen LogP) is 0.717. The van der Waals surface area contributed by atoms with Crippen LogP contribution in [0.5, 0.6) is 0 Å². The zero-order chi connectivity index (χ0) is 8.18. The SMILES string of the molecule is O=C1NC2(COC2)c2sccc21. The van der Waals surface area contributed by atoms with Gasteiger partial charge in [0.25, 0.3) is 5.91 Å². The van der Waals surface area contributed by atoms with E-state index < -0.39 is 0 Å². The number of thiophene rings is 1. The fourth-order valence-corrected chi connectivity index (χ4v) is 2.73. The van der Waals surface area contributed by atoms with Crippen molar-refractivity contribution < 1.29 is 9.53 Å². The molecule has 0 aliphatic carbocycles. The zero-order valence-electron chi connectivity index (χ0n) is 6.29. The first kappa shape index (κ1) is 6.62. The van der Waals surface area contributed by atoms with Gasteiger partial charge in [-0.05, 0) is 11.4 Å². The molecule has 1 spiro atoms. The molecule has 3 nitrogen and oxygen atoms in total. The van der Waals surface area contributed by atoms with E-state index in [1.165, 1.54) is 0 Å². The first-order valence-corrected chi connectivity index (χ1v) is 4.68. The highest BCUT2D eigenvalue weighted by atomic mass is 32.1. The number of fused-ring (bicyclic) bond motifs is 2. The predicted molar refractivity (Wildman–Crippen MR) is 44.3 cm³/mol. The number of amides is 1. The molecule has 0 radical (unpaired) electrons. The van der Waals surface area contributed by atoms with E-state index in [9.17, 15) is 4.79 Å². The number of ether oxygens (including phenoxy) is 1. The molecule has 12 heavy (non-hydrogen) atoms. The molecule has 2 aliphatic rings. The Hall–Kier alpha value is -0.870. The van der Waals surface area contributed by atoms with Crippen molar-refractivity contribution in [2.45, 2.75) is 5.54 Å². The summed E-state index contributed by atoms with van der Waals surface area (Å²) in [5, 5.41) is 4.92. The summed E-state index contributed by atoms with van der Waals surface area (Å²) in [4.78, 5) is 12.5. The molecule has 4 heteroatoms. The van der Waals surface area contributed by atoms with Crippen molar-refractivity contribution in [3.05, 3.63) is 21.9 Å². The highest BCUT2D eigenvalue weighted by molar-refractivity contribution is 7.10. The highest BCUT2D eigenvalue weighted by Crippen LogP contribution is 2.40. The lowest BCUT2D eigenvalue weighted by Crippen LogP contribution is -2.54. The van der Waals surface area contributed by atoms with Crippen LogP contribution in [0.25, 0.3) is 0 Å². The molecule has 1 fully saturated rings. The molecule has 0 bridgehead atoms. The van der Waals surface area contributed by atoms with Gasteiger partial charge < -0.3 is 10.1 Å². The maximum absolute atomic E-state index is 11.4. The summed E-state index contributed by atoms with van der Waals surface area (Å²) in [5.41, 5.74) is 0.684. The van der Waals surface area contributed by atoms with Gasteiger partial charge in [0.05, 0.1) is 18.8 Å². The summed E-state index contributed by atoms with van der Waals surface area (Å²) in [7, 11) is 0. The lowest BCUT2D eigenvalue weighted by molar-refractivity contribution is -0.0673. The standard InChI is InChI=1S/C8H7NO2S/c10-7-5-1-2-12-6(5)8(9-7)3-11-4-8/h1-2H,3-4H2,(H,9,10). The second kappa shape index (κ2) is 1.89. The molecule has 1 N–H and O–H groups in total. The molecule has 0 unspecified atom stereocenters. The Morgan fingerprint density at radius 1 is 1.58 bits per heavy atom. The summed E-state index contributed by atoms with van der Waals surface area (Å²) in [6.45, 7) is 1.26. The molecule has 3 heterocycles. The molecule has 2 aliphatic heterocycles. The van der Waals surface area contributed by atoms with Gasteiger partial charge in [-0.25, -0.2) is 0 Å². The normalized spacial score (nSPS) is 23.5. The summed E-state index contributed by atoms with van der Waals surface area (Å²) in [6, 6.07) is 1.88. The summed E-state index contributed by atoms with van der Waals surface area (Å²) < 4.78 is 5.13. The third-order valence-electron chi connectivity index (χ3n) is 2.39. The largest absolute Gasteiger partial charge is 0.376 e. The molecule has 0 aromatic carbocycles. The van der Waals surface area contributed by atoms with E-state index in [4.69, 9.17) is 4.74 Å². The van der Waals surface area contributed by atoms with Crippen molar-refractivity contribution in [3.63, 3.8) is 0 Å². The minimum absolute atomic E-state index is 0.0505. The molecular weight excluding hydrogens is 174 g/mol. The third-order valence-corrected chi connectivity index (χ3v) is 3.51. The highest BCUT2D eigenvalue weighted by Gasteiger charge is 2.49. The average molecular weight is 181 g/mol. The van der Waals surface area contributed by atoms with Crippen molar-refractivity contribution in [2.75, 3.05) is 13.2 Å². The van der Waals surface area contributed by atoms with E-state index >= 15 is 0 Å². The Morgan fingerprint density at radius 2 is 2.42 bits per heavy atom. The van der Waals surface area contributed by atoms with E-state index in [2.05, 4.69) is 5.32 Å². The van der Waals surface area contributed by atoms with Crippen molar-refractivity contribution in [1.82, 2.24) is 5.32 Å². The molecule has 1 aromatic rings.